The van der Waals surface area contributed by atoms with E-state index in [1.807, 2.05) is 0 Å². The first-order valence-electron chi connectivity index (χ1n) is 6.76. The van der Waals surface area contributed by atoms with Gasteiger partial charge in [-0.3, -0.25) is 14.9 Å². The number of nitrogens with zero attached hydrogens (tertiary/aromatic N) is 1. The molecule has 0 bridgehead atoms. The summed E-state index contributed by atoms with van der Waals surface area (Å²) in [5, 5.41) is 13.1. The molecule has 0 spiro atoms. The zero-order chi connectivity index (χ0) is 19.6. The third kappa shape index (κ3) is 3.49. The molecule has 0 saturated carbocycles. The number of nitro groups is 1. The fraction of sp³-hybridized carbons (Fsp3) is 0.133. The Balaban J connectivity index is 2.50. The van der Waals surface area contributed by atoms with Crippen molar-refractivity contribution >= 4 is 28.9 Å². The Bertz CT molecular complexity index is 908. The molecule has 11 heteroatoms. The van der Waals surface area contributed by atoms with Gasteiger partial charge < -0.3 is 14.8 Å². The van der Waals surface area contributed by atoms with Crippen molar-refractivity contribution in [3.63, 3.8) is 0 Å². The quantitative estimate of drug-likeness (QED) is 0.474. The van der Waals surface area contributed by atoms with Gasteiger partial charge in [0.2, 0.25) is 11.6 Å². The Morgan fingerprint density at radius 2 is 1.69 bits per heavy atom. The minimum Gasteiger partial charge on any atom is -0.495 e. The summed E-state index contributed by atoms with van der Waals surface area (Å²) in [6, 6.07) is 2.83. The Hall–Kier alpha value is -3.01. The Labute approximate surface area is 149 Å². The van der Waals surface area contributed by atoms with Crippen molar-refractivity contribution in [3.05, 3.63) is 56.4 Å². The minimum atomic E-state index is -2.13. The molecule has 26 heavy (non-hydrogen) atoms. The van der Waals surface area contributed by atoms with Crippen LogP contribution >= 0.6 is 11.6 Å². The van der Waals surface area contributed by atoms with Gasteiger partial charge >= 0.3 is 5.69 Å². The average molecular weight is 391 g/mol. The molecule has 0 aromatic heterocycles. The molecule has 0 fully saturated rings. The lowest BCUT2D eigenvalue weighted by Gasteiger charge is -2.13. The number of amides is 1. The SMILES string of the molecule is COc1cc(NC(=O)c2cc([N+](=O)[O-])c(F)c(F)c2F)c(OC)cc1Cl. The topological polar surface area (TPSA) is 90.7 Å². The summed E-state index contributed by atoms with van der Waals surface area (Å²) in [6.07, 6.45) is 0. The predicted octanol–water partition coefficient (Wildman–Crippen LogP) is 3.94. The molecule has 7 nitrogen and oxygen atoms in total. The maximum atomic E-state index is 13.9. The molecule has 1 amide bonds. The van der Waals surface area contributed by atoms with E-state index in [1.54, 1.807) is 0 Å². The number of nitrogens with one attached hydrogen (secondary N) is 1. The van der Waals surface area contributed by atoms with Crippen LogP contribution in [-0.2, 0) is 0 Å². The largest absolute Gasteiger partial charge is 0.495 e. The van der Waals surface area contributed by atoms with Crippen LogP contribution in [0.15, 0.2) is 18.2 Å². The molecule has 0 heterocycles. The summed E-state index contributed by atoms with van der Waals surface area (Å²) in [7, 11) is 2.56. The number of benzene rings is 2. The molecular formula is C15H10ClF3N2O5. The number of hydrogen-bond donors (Lipinski definition) is 1. The molecule has 0 aliphatic heterocycles. The van der Waals surface area contributed by atoms with Crippen molar-refractivity contribution in [2.45, 2.75) is 0 Å². The number of nitro benzene ring substituents is 1. The van der Waals surface area contributed by atoms with Crippen LogP contribution in [0.3, 0.4) is 0 Å². The second kappa shape index (κ2) is 7.48. The van der Waals surface area contributed by atoms with Crippen LogP contribution < -0.4 is 14.8 Å². The molecule has 1 N–H and O–H groups in total. The number of hydrogen-bond acceptors (Lipinski definition) is 5. The Kier molecular flexibility index (Phi) is 5.56. The van der Waals surface area contributed by atoms with E-state index in [0.29, 0.717) is 6.07 Å². The van der Waals surface area contributed by atoms with Gasteiger partial charge in [0.25, 0.3) is 5.91 Å². The van der Waals surface area contributed by atoms with E-state index >= 15 is 0 Å². The molecule has 2 aromatic carbocycles. The van der Waals surface area contributed by atoms with Crippen molar-refractivity contribution in [1.29, 1.82) is 0 Å². The van der Waals surface area contributed by atoms with Gasteiger partial charge in [0, 0.05) is 18.2 Å². The number of carbonyl (C=O) groups is 1. The average Bonchev–Trinajstić information content (AvgIpc) is 2.60. The number of halogens is 4. The summed E-state index contributed by atoms with van der Waals surface area (Å²) < 4.78 is 50.8. The van der Waals surface area contributed by atoms with Gasteiger partial charge in [0.1, 0.15) is 11.5 Å². The summed E-state index contributed by atoms with van der Waals surface area (Å²) >= 11 is 5.91. The molecule has 2 rings (SSSR count). The highest BCUT2D eigenvalue weighted by Crippen LogP contribution is 2.36. The molecule has 0 radical (unpaired) electrons. The van der Waals surface area contributed by atoms with E-state index in [2.05, 4.69) is 5.32 Å². The van der Waals surface area contributed by atoms with E-state index < -0.39 is 39.5 Å². The van der Waals surface area contributed by atoms with E-state index in [4.69, 9.17) is 21.1 Å². The Morgan fingerprint density at radius 1 is 1.08 bits per heavy atom. The first kappa shape index (κ1) is 19.3. The van der Waals surface area contributed by atoms with Gasteiger partial charge in [-0.05, 0) is 0 Å². The highest BCUT2D eigenvalue weighted by atomic mass is 35.5. The minimum absolute atomic E-state index is 0.0365. The van der Waals surface area contributed by atoms with Crippen LogP contribution in [0, 0.1) is 27.6 Å². The van der Waals surface area contributed by atoms with Gasteiger partial charge in [-0.1, -0.05) is 11.6 Å². The maximum Gasteiger partial charge on any atom is 0.308 e. The van der Waals surface area contributed by atoms with Crippen molar-refractivity contribution in [2.75, 3.05) is 19.5 Å². The second-order valence-electron chi connectivity index (χ2n) is 4.78. The van der Waals surface area contributed by atoms with Crippen LogP contribution in [0.2, 0.25) is 5.02 Å². The lowest BCUT2D eigenvalue weighted by molar-refractivity contribution is -0.387. The molecule has 0 aliphatic carbocycles. The Morgan fingerprint density at radius 3 is 2.23 bits per heavy atom. The van der Waals surface area contributed by atoms with Crippen LogP contribution in [0.4, 0.5) is 24.5 Å². The number of carbonyl (C=O) groups excluding carboxylic acids is 1. The summed E-state index contributed by atoms with van der Waals surface area (Å²) in [5.74, 6) is -7.08. The van der Waals surface area contributed by atoms with Crippen LogP contribution in [0.5, 0.6) is 11.5 Å². The fourth-order valence-electron chi connectivity index (χ4n) is 2.04. The van der Waals surface area contributed by atoms with Crippen molar-refractivity contribution in [3.8, 4) is 11.5 Å². The third-order valence-electron chi connectivity index (χ3n) is 3.29. The van der Waals surface area contributed by atoms with Crippen molar-refractivity contribution < 1.29 is 32.4 Å². The number of anilines is 1. The third-order valence-corrected chi connectivity index (χ3v) is 3.59. The highest BCUT2D eigenvalue weighted by molar-refractivity contribution is 6.32. The monoisotopic (exact) mass is 390 g/mol. The van der Waals surface area contributed by atoms with Gasteiger partial charge in [-0.15, -0.1) is 0 Å². The lowest BCUT2D eigenvalue weighted by Crippen LogP contribution is -2.17. The first-order chi connectivity index (χ1) is 12.2. The first-order valence-corrected chi connectivity index (χ1v) is 7.13. The molecule has 0 aliphatic rings. The second-order valence-corrected chi connectivity index (χ2v) is 5.19. The van der Waals surface area contributed by atoms with E-state index in [9.17, 15) is 28.1 Å². The van der Waals surface area contributed by atoms with Crippen LogP contribution in [0.1, 0.15) is 10.4 Å². The maximum absolute atomic E-state index is 13.9. The predicted molar refractivity (Wildman–Crippen MR) is 85.5 cm³/mol. The molecule has 0 unspecified atom stereocenters. The van der Waals surface area contributed by atoms with E-state index in [0.717, 1.165) is 0 Å². The lowest BCUT2D eigenvalue weighted by atomic mass is 10.1. The summed E-state index contributed by atoms with van der Waals surface area (Å²) in [4.78, 5) is 21.7. The fourth-order valence-corrected chi connectivity index (χ4v) is 2.27. The normalized spacial score (nSPS) is 10.4. The molecule has 0 atom stereocenters. The van der Waals surface area contributed by atoms with Gasteiger partial charge in [0.15, 0.2) is 5.82 Å². The number of rotatable bonds is 5. The summed E-state index contributed by atoms with van der Waals surface area (Å²) in [6.45, 7) is 0. The van der Waals surface area contributed by atoms with Crippen molar-refractivity contribution in [2.24, 2.45) is 0 Å². The van der Waals surface area contributed by atoms with Gasteiger partial charge in [-0.2, -0.15) is 4.39 Å². The smallest absolute Gasteiger partial charge is 0.308 e. The van der Waals surface area contributed by atoms with Gasteiger partial charge in [-0.25, -0.2) is 8.78 Å². The number of methoxy groups -OCH3 is 2. The van der Waals surface area contributed by atoms with E-state index in [-0.39, 0.29) is 22.2 Å². The molecule has 2 aromatic rings. The molecular weight excluding hydrogens is 381 g/mol. The van der Waals surface area contributed by atoms with Gasteiger partial charge in [0.05, 0.1) is 35.4 Å². The highest BCUT2D eigenvalue weighted by Gasteiger charge is 2.29. The standard InChI is InChI=1S/C15H10ClF3N2O5/c1-25-10-5-8(11(26-2)4-7(10)16)20-15(22)6-3-9(21(23)24)13(18)14(19)12(6)17/h3-5H,1-2H3,(H,20,22). The summed E-state index contributed by atoms with van der Waals surface area (Å²) in [5.41, 5.74) is -2.48. The molecule has 0 saturated heterocycles. The van der Waals surface area contributed by atoms with E-state index in [1.165, 1.54) is 26.4 Å². The van der Waals surface area contributed by atoms with Crippen LogP contribution in [-0.4, -0.2) is 25.1 Å². The zero-order valence-corrected chi connectivity index (χ0v) is 14.0. The van der Waals surface area contributed by atoms with Crippen molar-refractivity contribution in [1.82, 2.24) is 0 Å². The number of ether oxygens (including phenoxy) is 2. The van der Waals surface area contributed by atoms with Crippen LogP contribution in [0.25, 0.3) is 0 Å². The zero-order valence-electron chi connectivity index (χ0n) is 13.2. The molecule has 138 valence electrons.